The number of fused-ring (bicyclic) bond motifs is 1. The summed E-state index contributed by atoms with van der Waals surface area (Å²) in [6.45, 7) is 3.74. The van der Waals surface area contributed by atoms with Crippen LogP contribution in [-0.2, 0) is 13.0 Å². The number of rotatable bonds is 3. The van der Waals surface area contributed by atoms with E-state index in [1.807, 2.05) is 11.3 Å². The molecule has 1 fully saturated rings. The van der Waals surface area contributed by atoms with Gasteiger partial charge in [-0.3, -0.25) is 4.90 Å². The summed E-state index contributed by atoms with van der Waals surface area (Å²) in [4.78, 5) is 4.32. The molecule has 0 radical (unpaired) electrons. The van der Waals surface area contributed by atoms with Crippen molar-refractivity contribution in [3.05, 3.63) is 21.9 Å². The van der Waals surface area contributed by atoms with Gasteiger partial charge >= 0.3 is 0 Å². The molecule has 0 bridgehead atoms. The Morgan fingerprint density at radius 1 is 1.32 bits per heavy atom. The molecule has 2 aliphatic rings. The average Bonchev–Trinajstić information content (AvgIpc) is 2.78. The second-order valence-corrected chi connectivity index (χ2v) is 7.15. The van der Waals surface area contributed by atoms with Crippen molar-refractivity contribution in [1.82, 2.24) is 10.2 Å². The van der Waals surface area contributed by atoms with E-state index >= 15 is 0 Å². The molecule has 19 heavy (non-hydrogen) atoms. The highest BCUT2D eigenvalue weighted by Crippen LogP contribution is 2.28. The third-order valence-corrected chi connectivity index (χ3v) is 5.93. The lowest BCUT2D eigenvalue weighted by atomic mass is 9.93. The summed E-state index contributed by atoms with van der Waals surface area (Å²) in [5, 5.41) is 5.83. The van der Waals surface area contributed by atoms with Crippen LogP contribution in [0.5, 0.6) is 0 Å². The van der Waals surface area contributed by atoms with Gasteiger partial charge in [-0.05, 0) is 49.2 Å². The minimum Gasteiger partial charge on any atom is -0.317 e. The summed E-state index contributed by atoms with van der Waals surface area (Å²) in [5.74, 6) is 0.854. The van der Waals surface area contributed by atoms with E-state index in [2.05, 4.69) is 28.7 Å². The highest BCUT2D eigenvalue weighted by atomic mass is 32.1. The Balaban J connectivity index is 1.61. The highest BCUT2D eigenvalue weighted by Gasteiger charge is 2.26. The average molecular weight is 278 g/mol. The van der Waals surface area contributed by atoms with Crippen LogP contribution in [0.1, 0.15) is 42.5 Å². The van der Waals surface area contributed by atoms with Gasteiger partial charge in [0.05, 0.1) is 0 Å². The molecule has 2 atom stereocenters. The number of thiophene rings is 1. The van der Waals surface area contributed by atoms with Gasteiger partial charge in [0.15, 0.2) is 0 Å². The molecule has 0 amide bonds. The monoisotopic (exact) mass is 278 g/mol. The van der Waals surface area contributed by atoms with Gasteiger partial charge in [0, 0.05) is 30.6 Å². The van der Waals surface area contributed by atoms with E-state index in [0.29, 0.717) is 0 Å². The van der Waals surface area contributed by atoms with Crippen LogP contribution in [0.3, 0.4) is 0 Å². The third kappa shape index (κ3) is 3.21. The molecular weight excluding hydrogens is 252 g/mol. The summed E-state index contributed by atoms with van der Waals surface area (Å²) in [6, 6.07) is 3.07. The minimum absolute atomic E-state index is 0.742. The van der Waals surface area contributed by atoms with Crippen LogP contribution in [0, 0.1) is 5.92 Å². The minimum atomic E-state index is 0.742. The van der Waals surface area contributed by atoms with Crippen molar-refractivity contribution in [3.8, 4) is 0 Å². The maximum absolute atomic E-state index is 3.57. The predicted octanol–water partition coefficient (Wildman–Crippen LogP) is 3.27. The van der Waals surface area contributed by atoms with Gasteiger partial charge in [-0.2, -0.15) is 0 Å². The molecule has 3 rings (SSSR count). The Morgan fingerprint density at radius 2 is 2.21 bits per heavy atom. The smallest absolute Gasteiger partial charge is 0.0245 e. The maximum Gasteiger partial charge on any atom is 0.0245 e. The topological polar surface area (TPSA) is 15.3 Å². The van der Waals surface area contributed by atoms with E-state index in [0.717, 1.165) is 12.0 Å². The Kier molecular flexibility index (Phi) is 4.57. The summed E-state index contributed by atoms with van der Waals surface area (Å²) >= 11 is 1.94. The first kappa shape index (κ1) is 13.6. The van der Waals surface area contributed by atoms with Crippen molar-refractivity contribution in [3.63, 3.8) is 0 Å². The molecule has 0 spiro atoms. The van der Waals surface area contributed by atoms with E-state index in [1.54, 1.807) is 10.4 Å². The summed E-state index contributed by atoms with van der Waals surface area (Å²) < 4.78 is 0. The van der Waals surface area contributed by atoms with Crippen LogP contribution >= 0.6 is 11.3 Å². The normalized spacial score (nSPS) is 28.9. The predicted molar refractivity (Wildman–Crippen MR) is 82.7 cm³/mol. The molecule has 2 heterocycles. The summed E-state index contributed by atoms with van der Waals surface area (Å²) in [6.07, 6.45) is 8.33. The molecule has 0 saturated heterocycles. The molecule has 1 aliphatic heterocycles. The van der Waals surface area contributed by atoms with E-state index < -0.39 is 0 Å². The van der Waals surface area contributed by atoms with Crippen molar-refractivity contribution >= 4 is 11.3 Å². The van der Waals surface area contributed by atoms with Crippen molar-refractivity contribution in [2.24, 2.45) is 5.92 Å². The second-order valence-electron chi connectivity index (χ2n) is 6.15. The van der Waals surface area contributed by atoms with Crippen LogP contribution in [0.15, 0.2) is 11.4 Å². The van der Waals surface area contributed by atoms with Gasteiger partial charge in [-0.25, -0.2) is 0 Å². The van der Waals surface area contributed by atoms with Crippen molar-refractivity contribution < 1.29 is 0 Å². The lowest BCUT2D eigenvalue weighted by molar-refractivity contribution is 0.184. The SMILES string of the molecule is CNC1CCCCCC1CN1CCc2sccc2C1. The van der Waals surface area contributed by atoms with Gasteiger partial charge < -0.3 is 5.32 Å². The van der Waals surface area contributed by atoms with Gasteiger partial charge in [0.2, 0.25) is 0 Å². The molecule has 1 aromatic rings. The molecule has 1 N–H and O–H groups in total. The fourth-order valence-corrected chi connectivity index (χ4v) is 4.67. The number of hydrogen-bond acceptors (Lipinski definition) is 3. The lowest BCUT2D eigenvalue weighted by Crippen LogP contribution is -2.42. The van der Waals surface area contributed by atoms with Crippen LogP contribution in [0.4, 0.5) is 0 Å². The summed E-state index contributed by atoms with van der Waals surface area (Å²) in [7, 11) is 2.15. The Bertz CT molecular complexity index is 401. The second kappa shape index (κ2) is 6.38. The van der Waals surface area contributed by atoms with Crippen LogP contribution in [0.25, 0.3) is 0 Å². The number of nitrogens with zero attached hydrogens (tertiary/aromatic N) is 1. The zero-order valence-electron chi connectivity index (χ0n) is 12.0. The zero-order chi connectivity index (χ0) is 13.1. The van der Waals surface area contributed by atoms with Crippen LogP contribution < -0.4 is 5.32 Å². The first-order valence-corrected chi connectivity index (χ1v) is 8.69. The molecule has 1 aliphatic carbocycles. The first-order chi connectivity index (χ1) is 9.36. The molecule has 0 aromatic carbocycles. The van der Waals surface area contributed by atoms with Crippen molar-refractivity contribution in [2.45, 2.75) is 51.1 Å². The maximum atomic E-state index is 3.57. The number of hydrogen-bond donors (Lipinski definition) is 1. The van der Waals surface area contributed by atoms with E-state index in [1.165, 1.54) is 58.2 Å². The zero-order valence-corrected chi connectivity index (χ0v) is 12.8. The van der Waals surface area contributed by atoms with E-state index in [4.69, 9.17) is 0 Å². The largest absolute Gasteiger partial charge is 0.317 e. The van der Waals surface area contributed by atoms with E-state index in [-0.39, 0.29) is 0 Å². The van der Waals surface area contributed by atoms with E-state index in [9.17, 15) is 0 Å². The van der Waals surface area contributed by atoms with Crippen molar-refractivity contribution in [2.75, 3.05) is 20.1 Å². The molecule has 106 valence electrons. The molecule has 3 heteroatoms. The van der Waals surface area contributed by atoms with Crippen LogP contribution in [0.2, 0.25) is 0 Å². The van der Waals surface area contributed by atoms with Crippen molar-refractivity contribution in [1.29, 1.82) is 0 Å². The standard InChI is InChI=1S/C16H26N2S/c1-17-15-6-4-2-3-5-13(15)11-18-9-7-16-14(12-18)8-10-19-16/h8,10,13,15,17H,2-7,9,11-12H2,1H3. The summed E-state index contributed by atoms with van der Waals surface area (Å²) in [5.41, 5.74) is 1.59. The van der Waals surface area contributed by atoms with Gasteiger partial charge in [-0.1, -0.05) is 19.3 Å². The fourth-order valence-electron chi connectivity index (χ4n) is 3.78. The highest BCUT2D eigenvalue weighted by molar-refractivity contribution is 7.10. The quantitative estimate of drug-likeness (QED) is 0.854. The Morgan fingerprint density at radius 3 is 3.11 bits per heavy atom. The fraction of sp³-hybridized carbons (Fsp3) is 0.750. The Hall–Kier alpha value is -0.380. The molecule has 1 aromatic heterocycles. The number of nitrogens with one attached hydrogen (secondary N) is 1. The third-order valence-electron chi connectivity index (χ3n) is 4.91. The van der Waals surface area contributed by atoms with Gasteiger partial charge in [-0.15, -0.1) is 11.3 Å². The Labute approximate surface area is 121 Å². The van der Waals surface area contributed by atoms with Crippen LogP contribution in [-0.4, -0.2) is 31.1 Å². The first-order valence-electron chi connectivity index (χ1n) is 7.81. The lowest BCUT2D eigenvalue weighted by Gasteiger charge is -2.33. The molecule has 1 saturated carbocycles. The van der Waals surface area contributed by atoms with Gasteiger partial charge in [0.25, 0.3) is 0 Å². The molecular formula is C16H26N2S. The molecule has 2 unspecified atom stereocenters. The molecule has 2 nitrogen and oxygen atoms in total. The van der Waals surface area contributed by atoms with Gasteiger partial charge in [0.1, 0.15) is 0 Å².